The van der Waals surface area contributed by atoms with Gasteiger partial charge in [0.2, 0.25) is 0 Å². The number of halogens is 2. The van der Waals surface area contributed by atoms with Crippen molar-refractivity contribution in [2.45, 2.75) is 6.04 Å². The molecule has 1 fully saturated rings. The first-order valence-corrected chi connectivity index (χ1v) is 13.1. The Hall–Kier alpha value is -4.69. The second kappa shape index (κ2) is 10.8. The fourth-order valence-electron chi connectivity index (χ4n) is 5.36. The van der Waals surface area contributed by atoms with Crippen molar-refractivity contribution in [2.75, 3.05) is 31.1 Å². The van der Waals surface area contributed by atoms with Gasteiger partial charge in [-0.05, 0) is 71.8 Å². The summed E-state index contributed by atoms with van der Waals surface area (Å²) in [7, 11) is 0. The van der Waals surface area contributed by atoms with Gasteiger partial charge in [0.25, 0.3) is 5.91 Å². The summed E-state index contributed by atoms with van der Waals surface area (Å²) < 4.78 is 33.5. The highest BCUT2D eigenvalue weighted by molar-refractivity contribution is 5.96. The molecule has 1 saturated heterocycles. The predicted octanol–water partition coefficient (Wildman–Crippen LogP) is 6.25. The number of nitrogens with one attached hydrogen (secondary N) is 1. The first-order chi connectivity index (χ1) is 19.4. The Morgan fingerprint density at radius 1 is 0.800 bits per heavy atom. The number of piperazine rings is 1. The number of aromatic nitrogens is 1. The van der Waals surface area contributed by atoms with Gasteiger partial charge in [0.15, 0.2) is 0 Å². The zero-order chi connectivity index (χ0) is 27.6. The van der Waals surface area contributed by atoms with Crippen LogP contribution in [0.1, 0.15) is 27.5 Å². The molecule has 6 rings (SSSR count). The summed E-state index contributed by atoms with van der Waals surface area (Å²) in [5.41, 5.74) is 9.78. The molecule has 1 aromatic heterocycles. The van der Waals surface area contributed by atoms with Crippen LogP contribution in [0, 0.1) is 11.6 Å². The molecule has 0 aliphatic carbocycles. The lowest BCUT2D eigenvalue weighted by atomic mass is 9.96. The molecule has 0 bridgehead atoms. The van der Waals surface area contributed by atoms with E-state index < -0.39 is 5.91 Å². The summed E-state index contributed by atoms with van der Waals surface area (Å²) in [5, 5.41) is 1.00. The molecule has 1 aliphatic heterocycles. The number of ether oxygens (including phenoxy) is 1. The molecule has 0 spiro atoms. The predicted molar refractivity (Wildman–Crippen MR) is 152 cm³/mol. The van der Waals surface area contributed by atoms with E-state index in [1.807, 2.05) is 42.6 Å². The molecular weight excluding hydrogens is 510 g/mol. The van der Waals surface area contributed by atoms with E-state index in [-0.39, 0.29) is 17.7 Å². The van der Waals surface area contributed by atoms with Gasteiger partial charge >= 0.3 is 0 Å². The molecule has 40 heavy (non-hydrogen) atoms. The van der Waals surface area contributed by atoms with Crippen LogP contribution in [0.2, 0.25) is 0 Å². The van der Waals surface area contributed by atoms with Crippen LogP contribution < -0.4 is 15.4 Å². The standard InChI is InChI=1S/C32H28F2N4O2/c33-24-5-1-21(2-6-24)31(22-3-7-25(34)8-4-22)38-17-15-37(16-18-38)26-9-11-28(32(35)39)30(20-26)40-27-10-12-29-23(19-27)13-14-36-29/h1-14,19-20,31,36H,15-18H2,(H2,35,39). The highest BCUT2D eigenvalue weighted by Gasteiger charge is 2.27. The summed E-state index contributed by atoms with van der Waals surface area (Å²) in [6.07, 6.45) is 1.86. The number of rotatable bonds is 7. The molecule has 1 aliphatic rings. The number of carbonyl (C=O) groups is 1. The number of hydrogen-bond acceptors (Lipinski definition) is 4. The Kier molecular flexibility index (Phi) is 6.92. The van der Waals surface area contributed by atoms with Gasteiger partial charge in [0.05, 0.1) is 11.6 Å². The summed E-state index contributed by atoms with van der Waals surface area (Å²) in [6, 6.07) is 25.9. The minimum Gasteiger partial charge on any atom is -0.456 e. The Morgan fingerprint density at radius 3 is 2.08 bits per heavy atom. The number of nitrogens with zero attached hydrogens (tertiary/aromatic N) is 2. The average Bonchev–Trinajstić information content (AvgIpc) is 3.43. The van der Waals surface area contributed by atoms with Crippen molar-refractivity contribution >= 4 is 22.5 Å². The Morgan fingerprint density at radius 2 is 1.45 bits per heavy atom. The molecule has 0 radical (unpaired) electrons. The molecule has 202 valence electrons. The van der Waals surface area contributed by atoms with Crippen molar-refractivity contribution in [2.24, 2.45) is 5.73 Å². The molecule has 4 aromatic carbocycles. The Balaban J connectivity index is 1.23. The average molecular weight is 539 g/mol. The molecule has 0 unspecified atom stereocenters. The van der Waals surface area contributed by atoms with E-state index in [1.54, 1.807) is 30.3 Å². The van der Waals surface area contributed by atoms with Gasteiger partial charge in [0.1, 0.15) is 23.1 Å². The Labute approximate surface area is 230 Å². The number of benzene rings is 4. The van der Waals surface area contributed by atoms with Crippen molar-refractivity contribution in [1.82, 2.24) is 9.88 Å². The van der Waals surface area contributed by atoms with Gasteiger partial charge in [-0.1, -0.05) is 24.3 Å². The number of H-pyrrole nitrogens is 1. The molecule has 2 heterocycles. The van der Waals surface area contributed by atoms with E-state index in [0.717, 1.165) is 40.8 Å². The van der Waals surface area contributed by atoms with E-state index in [4.69, 9.17) is 10.5 Å². The fourth-order valence-corrected chi connectivity index (χ4v) is 5.36. The van der Waals surface area contributed by atoms with Crippen LogP contribution in [0.15, 0.2) is 97.2 Å². The third-order valence-electron chi connectivity index (χ3n) is 7.40. The summed E-state index contributed by atoms with van der Waals surface area (Å²) in [5.74, 6) is -0.139. The highest BCUT2D eigenvalue weighted by Crippen LogP contribution is 2.34. The number of fused-ring (bicyclic) bond motifs is 1. The molecule has 8 heteroatoms. The van der Waals surface area contributed by atoms with Crippen molar-refractivity contribution in [3.63, 3.8) is 0 Å². The SMILES string of the molecule is NC(=O)c1ccc(N2CCN(C(c3ccc(F)cc3)c3ccc(F)cc3)CC2)cc1Oc1ccc2[nH]ccc2c1. The summed E-state index contributed by atoms with van der Waals surface area (Å²) >= 11 is 0. The molecular formula is C32H28F2N4O2. The number of aromatic amines is 1. The number of anilines is 1. The van der Waals surface area contributed by atoms with E-state index in [1.165, 1.54) is 24.3 Å². The third kappa shape index (κ3) is 5.26. The highest BCUT2D eigenvalue weighted by atomic mass is 19.1. The fraction of sp³-hybridized carbons (Fsp3) is 0.156. The number of carbonyl (C=O) groups excluding carboxylic acids is 1. The normalized spacial score (nSPS) is 14.1. The van der Waals surface area contributed by atoms with Crippen LogP contribution in [0.5, 0.6) is 11.5 Å². The first kappa shape index (κ1) is 25.6. The molecule has 6 nitrogen and oxygen atoms in total. The maximum Gasteiger partial charge on any atom is 0.252 e. The quantitative estimate of drug-likeness (QED) is 0.257. The number of nitrogens with two attached hydrogens (primary N) is 1. The van der Waals surface area contributed by atoms with Crippen LogP contribution in [0.25, 0.3) is 10.9 Å². The maximum absolute atomic E-state index is 13.7. The topological polar surface area (TPSA) is 74.6 Å². The zero-order valence-corrected chi connectivity index (χ0v) is 21.7. The second-order valence-electron chi connectivity index (χ2n) is 9.90. The van der Waals surface area contributed by atoms with Crippen molar-refractivity contribution in [3.05, 3.63) is 126 Å². The van der Waals surface area contributed by atoms with E-state index in [9.17, 15) is 13.6 Å². The van der Waals surface area contributed by atoms with Crippen molar-refractivity contribution in [3.8, 4) is 11.5 Å². The van der Waals surface area contributed by atoms with Crippen molar-refractivity contribution in [1.29, 1.82) is 0 Å². The molecule has 1 amide bonds. The van der Waals surface area contributed by atoms with Gasteiger partial charge in [-0.25, -0.2) is 8.78 Å². The van der Waals surface area contributed by atoms with E-state index in [0.29, 0.717) is 30.2 Å². The maximum atomic E-state index is 13.7. The van der Waals surface area contributed by atoms with Crippen LogP contribution >= 0.6 is 0 Å². The van der Waals surface area contributed by atoms with E-state index >= 15 is 0 Å². The lowest BCUT2D eigenvalue weighted by Gasteiger charge is -2.40. The zero-order valence-electron chi connectivity index (χ0n) is 21.7. The van der Waals surface area contributed by atoms with Gasteiger partial charge in [-0.15, -0.1) is 0 Å². The number of amides is 1. The monoisotopic (exact) mass is 538 g/mol. The van der Waals surface area contributed by atoms with Gasteiger partial charge in [0, 0.05) is 55.0 Å². The number of primary amides is 1. The van der Waals surface area contributed by atoms with Crippen LogP contribution in [-0.4, -0.2) is 42.0 Å². The third-order valence-corrected chi connectivity index (χ3v) is 7.40. The van der Waals surface area contributed by atoms with Crippen LogP contribution in [-0.2, 0) is 0 Å². The molecule has 5 aromatic rings. The Bertz CT molecular complexity index is 1600. The molecule has 3 N–H and O–H groups in total. The minimum atomic E-state index is -0.560. The summed E-state index contributed by atoms with van der Waals surface area (Å²) in [4.78, 5) is 19.9. The lowest BCUT2D eigenvalue weighted by molar-refractivity contribution is 0.0998. The smallest absolute Gasteiger partial charge is 0.252 e. The summed E-state index contributed by atoms with van der Waals surface area (Å²) in [6.45, 7) is 2.86. The lowest BCUT2D eigenvalue weighted by Crippen LogP contribution is -2.48. The van der Waals surface area contributed by atoms with Gasteiger partial charge < -0.3 is 20.4 Å². The minimum absolute atomic E-state index is 0.136. The van der Waals surface area contributed by atoms with Gasteiger partial charge in [-0.3, -0.25) is 9.69 Å². The van der Waals surface area contributed by atoms with Crippen LogP contribution in [0.4, 0.5) is 14.5 Å². The molecule has 0 atom stereocenters. The molecule has 0 saturated carbocycles. The van der Waals surface area contributed by atoms with Crippen molar-refractivity contribution < 1.29 is 18.3 Å². The largest absolute Gasteiger partial charge is 0.456 e. The van der Waals surface area contributed by atoms with Gasteiger partial charge in [-0.2, -0.15) is 0 Å². The van der Waals surface area contributed by atoms with Crippen LogP contribution in [0.3, 0.4) is 0 Å². The second-order valence-corrected chi connectivity index (χ2v) is 9.90. The number of hydrogen-bond donors (Lipinski definition) is 2. The first-order valence-electron chi connectivity index (χ1n) is 13.1. The van der Waals surface area contributed by atoms with E-state index in [2.05, 4.69) is 14.8 Å².